The maximum Gasteiger partial charge on any atom is 0.320 e. The van der Waals surface area contributed by atoms with Crippen LogP contribution in [0.5, 0.6) is 0 Å². The van der Waals surface area contributed by atoms with E-state index in [2.05, 4.69) is 71.6 Å². The lowest BCUT2D eigenvalue weighted by molar-refractivity contribution is -0.156. The zero-order valence-corrected chi connectivity index (χ0v) is 24.2. The third kappa shape index (κ3) is 10.9. The van der Waals surface area contributed by atoms with Crippen molar-refractivity contribution in [3.05, 3.63) is 35.4 Å². The molecule has 0 saturated carbocycles. The minimum Gasteiger partial charge on any atom is -0.459 e. The molecule has 2 aliphatic rings. The minimum absolute atomic E-state index is 0.113. The average Bonchev–Trinajstić information content (AvgIpc) is 2.75. The molecule has 6 heteroatoms. The average molecular weight is 501 g/mol. The Morgan fingerprint density at radius 2 is 1.31 bits per heavy atom. The van der Waals surface area contributed by atoms with E-state index in [1.807, 2.05) is 20.8 Å². The van der Waals surface area contributed by atoms with Crippen molar-refractivity contribution in [2.75, 3.05) is 78.5 Å². The highest BCUT2D eigenvalue weighted by molar-refractivity contribution is 5.72. The lowest BCUT2D eigenvalue weighted by Crippen LogP contribution is -2.52. The molecule has 1 aromatic carbocycles. The predicted octanol–water partition coefficient (Wildman–Crippen LogP) is 3.78. The second-order valence-corrected chi connectivity index (χ2v) is 13.4. The van der Waals surface area contributed by atoms with Crippen molar-refractivity contribution >= 4 is 5.97 Å². The monoisotopic (exact) mass is 500 g/mol. The van der Waals surface area contributed by atoms with Gasteiger partial charge in [0.25, 0.3) is 0 Å². The molecule has 2 atom stereocenters. The smallest absolute Gasteiger partial charge is 0.320 e. The molecule has 0 aromatic heterocycles. The molecule has 2 unspecified atom stereocenters. The van der Waals surface area contributed by atoms with Crippen molar-refractivity contribution in [2.45, 2.75) is 60.5 Å². The molecule has 0 aliphatic carbocycles. The number of fused-ring (bicyclic) bond motifs is 4. The third-order valence-electron chi connectivity index (χ3n) is 7.08. The van der Waals surface area contributed by atoms with Gasteiger partial charge in [-0.05, 0) is 51.0 Å². The van der Waals surface area contributed by atoms with Gasteiger partial charge >= 0.3 is 5.97 Å². The number of rotatable bonds is 5. The van der Waals surface area contributed by atoms with Crippen molar-refractivity contribution in [3.8, 4) is 0 Å². The van der Waals surface area contributed by atoms with Crippen LogP contribution in [0.15, 0.2) is 24.3 Å². The van der Waals surface area contributed by atoms with Crippen LogP contribution in [0.3, 0.4) is 0 Å². The molecule has 0 radical (unpaired) electrons. The zero-order chi connectivity index (χ0) is 26.3. The molecule has 1 aromatic rings. The standard InChI is InChI=1S/C30H52N4O2/c1-25-8-10-26(11-9-25)20-27-21-31-12-14-33(23-28(35)36-30(5,6)7)15-13-32(22-27)17-19-34(18-16-31)24-29(2,3)4/h8-11,27H,12-24H2,1-7H3. The highest BCUT2D eigenvalue weighted by atomic mass is 16.6. The summed E-state index contributed by atoms with van der Waals surface area (Å²) in [6, 6.07) is 9.10. The van der Waals surface area contributed by atoms with Crippen LogP contribution in [0.2, 0.25) is 0 Å². The zero-order valence-electron chi connectivity index (χ0n) is 24.2. The molecule has 0 spiro atoms. The molecule has 2 heterocycles. The van der Waals surface area contributed by atoms with Crippen LogP contribution in [-0.4, -0.2) is 110 Å². The van der Waals surface area contributed by atoms with Gasteiger partial charge in [0.05, 0.1) is 6.54 Å². The number of benzene rings is 1. The van der Waals surface area contributed by atoms with Crippen molar-refractivity contribution < 1.29 is 9.53 Å². The van der Waals surface area contributed by atoms with Crippen LogP contribution < -0.4 is 0 Å². The summed E-state index contributed by atoms with van der Waals surface area (Å²) >= 11 is 0. The predicted molar refractivity (Wildman–Crippen MR) is 149 cm³/mol. The molecule has 2 aliphatic heterocycles. The van der Waals surface area contributed by atoms with Gasteiger partial charge in [0.1, 0.15) is 5.60 Å². The Hall–Kier alpha value is -1.47. The SMILES string of the molecule is Cc1ccc(CC2CN3CCN(CC(=O)OC(C)(C)C)CCN(CCN(CC(C)(C)C)CC3)C2)cc1. The topological polar surface area (TPSA) is 39.3 Å². The summed E-state index contributed by atoms with van der Waals surface area (Å²) in [7, 11) is 0. The van der Waals surface area contributed by atoms with Gasteiger partial charge in [0, 0.05) is 72.0 Å². The molecule has 2 saturated heterocycles. The van der Waals surface area contributed by atoms with Crippen LogP contribution in [0, 0.1) is 18.3 Å². The van der Waals surface area contributed by atoms with Crippen LogP contribution in [0.25, 0.3) is 0 Å². The van der Waals surface area contributed by atoms with Crippen LogP contribution in [0.1, 0.15) is 52.7 Å². The first-order valence-electron chi connectivity index (χ1n) is 14.0. The van der Waals surface area contributed by atoms with Crippen LogP contribution in [0.4, 0.5) is 0 Å². The maximum atomic E-state index is 12.6. The summed E-state index contributed by atoms with van der Waals surface area (Å²) in [5.41, 5.74) is 2.63. The number of carbonyl (C=O) groups excluding carboxylic acids is 1. The van der Waals surface area contributed by atoms with Gasteiger partial charge in [-0.1, -0.05) is 50.6 Å². The van der Waals surface area contributed by atoms with Crippen LogP contribution >= 0.6 is 0 Å². The molecule has 36 heavy (non-hydrogen) atoms. The van der Waals surface area contributed by atoms with Gasteiger partial charge in [0.15, 0.2) is 0 Å². The molecular weight excluding hydrogens is 448 g/mol. The third-order valence-corrected chi connectivity index (χ3v) is 7.08. The van der Waals surface area contributed by atoms with Gasteiger partial charge in [-0.2, -0.15) is 0 Å². The molecule has 6 nitrogen and oxygen atoms in total. The van der Waals surface area contributed by atoms with Crippen molar-refractivity contribution in [1.29, 1.82) is 0 Å². The van der Waals surface area contributed by atoms with E-state index < -0.39 is 5.60 Å². The molecular formula is C30H52N4O2. The number of esters is 1. The fourth-order valence-electron chi connectivity index (χ4n) is 5.46. The Kier molecular flexibility index (Phi) is 10.4. The highest BCUT2D eigenvalue weighted by Crippen LogP contribution is 2.19. The van der Waals surface area contributed by atoms with Crippen molar-refractivity contribution in [3.63, 3.8) is 0 Å². The van der Waals surface area contributed by atoms with Crippen molar-refractivity contribution in [1.82, 2.24) is 19.6 Å². The molecule has 2 fully saturated rings. The molecule has 2 bridgehead atoms. The fourth-order valence-corrected chi connectivity index (χ4v) is 5.46. The quantitative estimate of drug-likeness (QED) is 0.573. The van der Waals surface area contributed by atoms with E-state index in [9.17, 15) is 4.79 Å². The second-order valence-electron chi connectivity index (χ2n) is 13.4. The molecule has 0 N–H and O–H groups in total. The molecule has 204 valence electrons. The largest absolute Gasteiger partial charge is 0.459 e. The Labute approximate surface area is 220 Å². The van der Waals surface area contributed by atoms with Gasteiger partial charge < -0.3 is 19.4 Å². The summed E-state index contributed by atoms with van der Waals surface area (Å²) in [6.07, 6.45) is 1.13. The number of ether oxygens (including phenoxy) is 1. The summed E-state index contributed by atoms with van der Waals surface area (Å²) < 4.78 is 5.64. The van der Waals surface area contributed by atoms with Gasteiger partial charge in [0.2, 0.25) is 0 Å². The van der Waals surface area contributed by atoms with E-state index in [0.717, 1.165) is 78.4 Å². The number of hydrogen-bond donors (Lipinski definition) is 0. The van der Waals surface area contributed by atoms with Crippen LogP contribution in [-0.2, 0) is 16.0 Å². The fraction of sp³-hybridized carbons (Fsp3) is 0.767. The summed E-state index contributed by atoms with van der Waals surface area (Å²) in [5, 5.41) is 0. The van der Waals surface area contributed by atoms with E-state index in [-0.39, 0.29) is 5.97 Å². The van der Waals surface area contributed by atoms with E-state index in [1.54, 1.807) is 0 Å². The Balaban J connectivity index is 1.74. The van der Waals surface area contributed by atoms with Gasteiger partial charge in [-0.3, -0.25) is 9.69 Å². The van der Waals surface area contributed by atoms with E-state index in [1.165, 1.54) is 11.1 Å². The number of carbonyl (C=O) groups is 1. The van der Waals surface area contributed by atoms with Gasteiger partial charge in [-0.15, -0.1) is 0 Å². The number of nitrogens with zero attached hydrogens (tertiary/aromatic N) is 4. The summed E-state index contributed by atoms with van der Waals surface area (Å²) in [5.74, 6) is 0.498. The lowest BCUT2D eigenvalue weighted by atomic mass is 9.95. The molecule has 0 amide bonds. The minimum atomic E-state index is -0.438. The first kappa shape index (κ1) is 29.1. The highest BCUT2D eigenvalue weighted by Gasteiger charge is 2.27. The summed E-state index contributed by atoms with van der Waals surface area (Å²) in [4.78, 5) is 22.9. The van der Waals surface area contributed by atoms with Crippen molar-refractivity contribution in [2.24, 2.45) is 11.3 Å². The van der Waals surface area contributed by atoms with Gasteiger partial charge in [-0.25, -0.2) is 0 Å². The Morgan fingerprint density at radius 3 is 1.78 bits per heavy atom. The second kappa shape index (κ2) is 12.9. The summed E-state index contributed by atoms with van der Waals surface area (Å²) in [6.45, 7) is 26.9. The van der Waals surface area contributed by atoms with E-state index in [4.69, 9.17) is 4.74 Å². The Bertz CT molecular complexity index is 790. The van der Waals surface area contributed by atoms with E-state index >= 15 is 0 Å². The molecule has 3 rings (SSSR count). The number of hydrogen-bond acceptors (Lipinski definition) is 6. The lowest BCUT2D eigenvalue weighted by Gasteiger charge is -2.40. The normalized spacial score (nSPS) is 25.6. The van der Waals surface area contributed by atoms with E-state index in [0.29, 0.717) is 17.9 Å². The first-order valence-corrected chi connectivity index (χ1v) is 14.0. The first-order chi connectivity index (χ1) is 16.8. The Morgan fingerprint density at radius 1 is 0.806 bits per heavy atom. The maximum absolute atomic E-state index is 12.6. The number of aryl methyl sites for hydroxylation is 1.